The Labute approximate surface area is 224 Å². The van der Waals surface area contributed by atoms with Gasteiger partial charge in [0.05, 0.1) is 11.1 Å². The van der Waals surface area contributed by atoms with E-state index in [-0.39, 0.29) is 16.0 Å². The van der Waals surface area contributed by atoms with Crippen molar-refractivity contribution in [2.24, 2.45) is 14.1 Å². The van der Waals surface area contributed by atoms with E-state index >= 15 is 8.78 Å². The number of carbonyl (C=O) groups is 2. The minimum absolute atomic E-state index is 0.0589. The maximum absolute atomic E-state index is 15.0. The quantitative estimate of drug-likeness (QED) is 0.112. The number of fused-ring (bicyclic) bond motifs is 2. The van der Waals surface area contributed by atoms with Crippen molar-refractivity contribution >= 4 is 50.5 Å². The first-order valence-electron chi connectivity index (χ1n) is 12.2. The van der Waals surface area contributed by atoms with E-state index < -0.39 is 46.6 Å². The fraction of sp³-hybridized carbons (Fsp3) is 0.133. The van der Waals surface area contributed by atoms with Gasteiger partial charge in [-0.2, -0.15) is 0 Å². The standard InChI is InChI=1S/C30H20F5N3O2/c1-13-19(15-9-5-7-11-17(15)36(13)3)21-22(20-14(2)37(4)18-12-8-6-10-16(18)20)30(40)38(29(21)39)28-26(34)24(32)23(31)25(33)27(28)35/h5-12H,1-4H3. The summed E-state index contributed by atoms with van der Waals surface area (Å²) in [7, 11) is 3.52. The Hall–Kier alpha value is -4.73. The monoisotopic (exact) mass is 549 g/mol. The molecule has 202 valence electrons. The molecule has 6 rings (SSSR count). The Morgan fingerprint density at radius 2 is 0.900 bits per heavy atom. The molecule has 0 aliphatic carbocycles. The summed E-state index contributed by atoms with van der Waals surface area (Å²) in [6, 6.07) is 14.1. The van der Waals surface area contributed by atoms with Crippen molar-refractivity contribution in [3.63, 3.8) is 0 Å². The minimum Gasteiger partial charge on any atom is -0.347 e. The number of nitrogens with zero attached hydrogens (tertiary/aromatic N) is 3. The van der Waals surface area contributed by atoms with E-state index in [1.807, 2.05) is 0 Å². The molecule has 3 heterocycles. The lowest BCUT2D eigenvalue weighted by Gasteiger charge is -2.18. The molecule has 3 aromatic carbocycles. The SMILES string of the molecule is Cc1c(C2=C(c3c(C)n(C)c4ccccc34)C(=O)N(c3c(F)c(F)c(F)c(F)c3F)C2=O)c2ccccc2n1C. The van der Waals surface area contributed by atoms with E-state index in [0.717, 1.165) is 0 Å². The number of rotatable bonds is 3. The lowest BCUT2D eigenvalue weighted by atomic mass is 9.93. The number of carbonyl (C=O) groups excluding carboxylic acids is 2. The number of anilines is 1. The van der Waals surface area contributed by atoms with Crippen molar-refractivity contribution in [2.75, 3.05) is 4.90 Å². The molecule has 2 aromatic heterocycles. The Balaban J connectivity index is 1.76. The van der Waals surface area contributed by atoms with Crippen LogP contribution in [0.15, 0.2) is 48.5 Å². The number of imide groups is 1. The fourth-order valence-corrected chi connectivity index (χ4v) is 5.66. The van der Waals surface area contributed by atoms with Gasteiger partial charge >= 0.3 is 0 Å². The fourth-order valence-electron chi connectivity index (χ4n) is 5.66. The molecule has 1 aliphatic heterocycles. The molecule has 0 radical (unpaired) electrons. The van der Waals surface area contributed by atoms with Gasteiger partial charge < -0.3 is 9.13 Å². The van der Waals surface area contributed by atoms with Crippen LogP contribution in [0.25, 0.3) is 33.0 Å². The molecular formula is C30H20F5N3O2. The third-order valence-electron chi connectivity index (χ3n) is 7.79. The van der Waals surface area contributed by atoms with Crippen LogP contribution in [-0.2, 0) is 23.7 Å². The van der Waals surface area contributed by atoms with Crippen LogP contribution in [-0.4, -0.2) is 20.9 Å². The van der Waals surface area contributed by atoms with Crippen LogP contribution >= 0.6 is 0 Å². The number of aryl methyl sites for hydroxylation is 2. The van der Waals surface area contributed by atoms with E-state index in [1.165, 1.54) is 0 Å². The number of halogens is 5. The first kappa shape index (κ1) is 25.5. The molecule has 0 unspecified atom stereocenters. The molecule has 1 aliphatic rings. The van der Waals surface area contributed by atoms with Crippen molar-refractivity contribution < 1.29 is 31.5 Å². The van der Waals surface area contributed by atoms with Crippen LogP contribution in [0.4, 0.5) is 27.6 Å². The van der Waals surface area contributed by atoms with Gasteiger partial charge in [0.1, 0.15) is 5.69 Å². The van der Waals surface area contributed by atoms with Crippen LogP contribution in [0.2, 0.25) is 0 Å². The summed E-state index contributed by atoms with van der Waals surface area (Å²) in [5.41, 5.74) is 1.20. The largest absolute Gasteiger partial charge is 0.347 e. The lowest BCUT2D eigenvalue weighted by molar-refractivity contribution is -0.119. The normalized spacial score (nSPS) is 14.1. The molecule has 0 fully saturated rings. The molecule has 10 heteroatoms. The van der Waals surface area contributed by atoms with Crippen molar-refractivity contribution in [3.8, 4) is 0 Å². The average Bonchev–Trinajstić information content (AvgIpc) is 3.45. The van der Waals surface area contributed by atoms with Gasteiger partial charge in [-0.25, -0.2) is 26.9 Å². The highest BCUT2D eigenvalue weighted by atomic mass is 19.2. The highest BCUT2D eigenvalue weighted by Crippen LogP contribution is 2.46. The molecule has 0 saturated carbocycles. The zero-order valence-electron chi connectivity index (χ0n) is 21.7. The summed E-state index contributed by atoms with van der Waals surface area (Å²) in [5.74, 6) is -13.9. The van der Waals surface area contributed by atoms with Gasteiger partial charge in [-0.15, -0.1) is 0 Å². The van der Waals surface area contributed by atoms with Crippen LogP contribution in [0.3, 0.4) is 0 Å². The topological polar surface area (TPSA) is 47.2 Å². The van der Waals surface area contributed by atoms with Crippen LogP contribution < -0.4 is 4.90 Å². The number of aromatic nitrogens is 2. The Kier molecular flexibility index (Phi) is 5.52. The van der Waals surface area contributed by atoms with Gasteiger partial charge in [-0.05, 0) is 26.0 Å². The zero-order valence-corrected chi connectivity index (χ0v) is 21.7. The van der Waals surface area contributed by atoms with Gasteiger partial charge in [0.15, 0.2) is 23.3 Å². The number of hydrogen-bond acceptors (Lipinski definition) is 2. The Morgan fingerprint density at radius 3 is 1.30 bits per heavy atom. The number of amides is 2. The third kappa shape index (κ3) is 3.13. The minimum atomic E-state index is -2.39. The lowest BCUT2D eigenvalue weighted by Crippen LogP contribution is -2.34. The molecule has 0 saturated heterocycles. The van der Waals surface area contributed by atoms with Crippen molar-refractivity contribution in [2.45, 2.75) is 13.8 Å². The average molecular weight is 549 g/mol. The second-order valence-electron chi connectivity index (χ2n) is 9.69. The van der Waals surface area contributed by atoms with Gasteiger partial charge in [0.2, 0.25) is 5.82 Å². The molecule has 5 nitrogen and oxygen atoms in total. The number of hydrogen-bond donors (Lipinski definition) is 0. The van der Waals surface area contributed by atoms with Crippen LogP contribution in [0, 0.1) is 42.9 Å². The number of para-hydroxylation sites is 2. The van der Waals surface area contributed by atoms with Gasteiger partial charge in [-0.1, -0.05) is 36.4 Å². The molecule has 40 heavy (non-hydrogen) atoms. The molecule has 2 amide bonds. The van der Waals surface area contributed by atoms with E-state index in [1.54, 1.807) is 85.6 Å². The van der Waals surface area contributed by atoms with E-state index in [9.17, 15) is 22.8 Å². The second kappa shape index (κ2) is 8.64. The summed E-state index contributed by atoms with van der Waals surface area (Å²) in [5, 5.41) is 1.15. The van der Waals surface area contributed by atoms with Gasteiger partial charge in [-0.3, -0.25) is 9.59 Å². The zero-order chi connectivity index (χ0) is 28.8. The molecule has 0 bridgehead atoms. The summed E-state index contributed by atoms with van der Waals surface area (Å²) < 4.78 is 76.1. The van der Waals surface area contributed by atoms with Gasteiger partial charge in [0, 0.05) is 58.4 Å². The summed E-state index contributed by atoms with van der Waals surface area (Å²) in [6.45, 7) is 3.43. The Bertz CT molecular complexity index is 1860. The highest BCUT2D eigenvalue weighted by Gasteiger charge is 2.47. The molecule has 5 aromatic rings. The maximum Gasteiger partial charge on any atom is 0.267 e. The molecule has 0 atom stereocenters. The summed E-state index contributed by atoms with van der Waals surface area (Å²) in [6.07, 6.45) is 0. The first-order valence-corrected chi connectivity index (χ1v) is 12.2. The van der Waals surface area contributed by atoms with Crippen LogP contribution in [0.1, 0.15) is 22.5 Å². The third-order valence-corrected chi connectivity index (χ3v) is 7.79. The molecule has 0 spiro atoms. The van der Waals surface area contributed by atoms with Crippen molar-refractivity contribution in [3.05, 3.63) is 100 Å². The van der Waals surface area contributed by atoms with E-state index in [0.29, 0.717) is 44.3 Å². The van der Waals surface area contributed by atoms with Gasteiger partial charge in [0.25, 0.3) is 11.8 Å². The van der Waals surface area contributed by atoms with Crippen molar-refractivity contribution in [1.82, 2.24) is 9.13 Å². The first-order chi connectivity index (χ1) is 19.0. The Morgan fingerprint density at radius 1 is 0.550 bits per heavy atom. The van der Waals surface area contributed by atoms with Crippen molar-refractivity contribution in [1.29, 1.82) is 0 Å². The predicted octanol–water partition coefficient (Wildman–Crippen LogP) is 6.47. The van der Waals surface area contributed by atoms with E-state index in [2.05, 4.69) is 0 Å². The van der Waals surface area contributed by atoms with Crippen LogP contribution in [0.5, 0.6) is 0 Å². The molecule has 0 N–H and O–H groups in total. The highest BCUT2D eigenvalue weighted by molar-refractivity contribution is 6.58. The smallest absolute Gasteiger partial charge is 0.267 e. The second-order valence-corrected chi connectivity index (χ2v) is 9.69. The summed E-state index contributed by atoms with van der Waals surface area (Å²) >= 11 is 0. The maximum atomic E-state index is 15.0. The molecular weight excluding hydrogens is 529 g/mol. The predicted molar refractivity (Wildman–Crippen MR) is 141 cm³/mol. The van der Waals surface area contributed by atoms with E-state index in [4.69, 9.17) is 0 Å². The number of benzene rings is 3. The summed E-state index contributed by atoms with van der Waals surface area (Å²) in [4.78, 5) is 28.3.